The van der Waals surface area contributed by atoms with E-state index in [0.29, 0.717) is 32.0 Å². The fraction of sp³-hybridized carbons (Fsp3) is 0.632. The fourth-order valence-electron chi connectivity index (χ4n) is 4.00. The molecular formula is C19H23F3N2O6S. The van der Waals surface area contributed by atoms with Crippen molar-refractivity contribution < 1.29 is 41.0 Å². The van der Waals surface area contributed by atoms with Gasteiger partial charge < -0.3 is 14.7 Å². The first kappa shape index (κ1) is 23.3. The molecular weight excluding hydrogens is 441 g/mol. The Morgan fingerprint density at radius 2 is 1.87 bits per heavy atom. The van der Waals surface area contributed by atoms with E-state index in [4.69, 9.17) is 14.6 Å². The van der Waals surface area contributed by atoms with E-state index in [1.807, 2.05) is 12.1 Å². The largest absolute Gasteiger partial charge is 0.490 e. The van der Waals surface area contributed by atoms with Crippen LogP contribution >= 0.6 is 0 Å². The monoisotopic (exact) mass is 464 g/mol. The summed E-state index contributed by atoms with van der Waals surface area (Å²) in [5, 5.41) is 7.12. The second kappa shape index (κ2) is 8.64. The number of aromatic nitrogens is 1. The molecule has 1 aromatic heterocycles. The Bertz CT molecular complexity index is 912. The molecule has 12 heteroatoms. The number of hydrogen-bond acceptors (Lipinski definition) is 6. The highest BCUT2D eigenvalue weighted by Crippen LogP contribution is 2.46. The number of pyridine rings is 1. The van der Waals surface area contributed by atoms with Gasteiger partial charge in [-0.1, -0.05) is 12.5 Å². The minimum Gasteiger partial charge on any atom is -0.477 e. The van der Waals surface area contributed by atoms with Gasteiger partial charge in [-0.2, -0.15) is 13.2 Å². The van der Waals surface area contributed by atoms with Crippen molar-refractivity contribution in [1.29, 1.82) is 0 Å². The zero-order valence-electron chi connectivity index (χ0n) is 16.5. The minimum absolute atomic E-state index is 0.0741. The van der Waals surface area contributed by atoms with Gasteiger partial charge in [-0.05, 0) is 25.3 Å². The number of amides is 1. The van der Waals surface area contributed by atoms with Crippen molar-refractivity contribution in [1.82, 2.24) is 9.88 Å². The van der Waals surface area contributed by atoms with Gasteiger partial charge in [-0.25, -0.2) is 18.2 Å². The first-order valence-corrected chi connectivity index (χ1v) is 11.5. The number of aliphatic carboxylic acids is 1. The lowest BCUT2D eigenvalue weighted by molar-refractivity contribution is -0.192. The fourth-order valence-corrected chi connectivity index (χ4v) is 6.40. The Morgan fingerprint density at radius 3 is 2.35 bits per heavy atom. The van der Waals surface area contributed by atoms with Crippen LogP contribution in [0.15, 0.2) is 24.4 Å². The second-order valence-corrected chi connectivity index (χ2v) is 10.4. The minimum atomic E-state index is -5.08. The Labute approximate surface area is 177 Å². The van der Waals surface area contributed by atoms with Gasteiger partial charge in [0, 0.05) is 37.2 Å². The molecule has 8 nitrogen and oxygen atoms in total. The third kappa shape index (κ3) is 4.78. The maximum absolute atomic E-state index is 12.6. The maximum atomic E-state index is 12.6. The molecule has 0 radical (unpaired) electrons. The van der Waals surface area contributed by atoms with Crippen LogP contribution in [0.2, 0.25) is 0 Å². The van der Waals surface area contributed by atoms with Crippen LogP contribution in [0.5, 0.6) is 5.88 Å². The Hall–Kier alpha value is -2.37. The molecule has 1 unspecified atom stereocenters. The van der Waals surface area contributed by atoms with Crippen molar-refractivity contribution >= 4 is 21.7 Å². The van der Waals surface area contributed by atoms with Crippen molar-refractivity contribution in [3.8, 4) is 5.88 Å². The van der Waals surface area contributed by atoms with Gasteiger partial charge in [0.2, 0.25) is 11.8 Å². The molecule has 172 valence electrons. The summed E-state index contributed by atoms with van der Waals surface area (Å²) in [6.45, 7) is 1.00. The zero-order valence-corrected chi connectivity index (χ0v) is 17.4. The number of hydrogen-bond donors (Lipinski definition) is 1. The molecule has 4 rings (SSSR count). The van der Waals surface area contributed by atoms with E-state index in [1.54, 1.807) is 17.2 Å². The van der Waals surface area contributed by atoms with Gasteiger partial charge in [-0.15, -0.1) is 0 Å². The quantitative estimate of drug-likeness (QED) is 0.724. The number of ether oxygens (including phenoxy) is 1. The highest BCUT2D eigenvalue weighted by Gasteiger charge is 2.63. The number of nitrogens with zero attached hydrogens (tertiary/aromatic N) is 2. The molecule has 2 saturated heterocycles. The normalized spacial score (nSPS) is 23.8. The summed E-state index contributed by atoms with van der Waals surface area (Å²) in [5.74, 6) is -1.87. The first-order valence-electron chi connectivity index (χ1n) is 9.81. The Kier molecular flexibility index (Phi) is 6.49. The lowest BCUT2D eigenvalue weighted by atomic mass is 9.79. The lowest BCUT2D eigenvalue weighted by Crippen LogP contribution is -2.69. The lowest BCUT2D eigenvalue weighted by Gasteiger charge is -2.51. The van der Waals surface area contributed by atoms with Crippen molar-refractivity contribution in [2.24, 2.45) is 11.8 Å². The van der Waals surface area contributed by atoms with Crippen molar-refractivity contribution in [2.45, 2.75) is 36.6 Å². The topological polar surface area (TPSA) is 114 Å². The Balaban J connectivity index is 0.000000339. The van der Waals surface area contributed by atoms with Gasteiger partial charge in [0.15, 0.2) is 9.84 Å². The van der Waals surface area contributed by atoms with Gasteiger partial charge in [-0.3, -0.25) is 4.79 Å². The predicted molar refractivity (Wildman–Crippen MR) is 102 cm³/mol. The number of alkyl halides is 3. The van der Waals surface area contributed by atoms with Crippen LogP contribution in [0.1, 0.15) is 25.7 Å². The molecule has 1 atom stereocenters. The third-order valence-electron chi connectivity index (χ3n) is 6.09. The van der Waals surface area contributed by atoms with Crippen molar-refractivity contribution in [3.63, 3.8) is 0 Å². The molecule has 3 aliphatic rings. The van der Waals surface area contributed by atoms with Crippen LogP contribution < -0.4 is 4.74 Å². The third-order valence-corrected chi connectivity index (χ3v) is 8.70. The SMILES string of the molecule is O=C(C1CCC1)N1CC2(C1)C(COc1ccccn1)CCS2(=O)=O.O=C(O)C(F)(F)F. The number of likely N-dealkylation sites (tertiary alicyclic amines) is 1. The summed E-state index contributed by atoms with van der Waals surface area (Å²) in [6.07, 6.45) is 0.163. The van der Waals surface area contributed by atoms with Crippen molar-refractivity contribution in [2.75, 3.05) is 25.4 Å². The molecule has 0 aromatic carbocycles. The highest BCUT2D eigenvalue weighted by molar-refractivity contribution is 7.93. The Morgan fingerprint density at radius 1 is 1.23 bits per heavy atom. The van der Waals surface area contributed by atoms with Crippen LogP contribution in [-0.4, -0.2) is 71.7 Å². The predicted octanol–water partition coefficient (Wildman–Crippen LogP) is 1.91. The standard InChI is InChI=1S/C17H22N2O4S.C2HF3O2/c20-16(13-4-3-5-13)19-11-17(12-19)14(7-9-24(17,21)22)10-23-15-6-1-2-8-18-15;3-2(4,5)1(6)7/h1-2,6,8,13-14H,3-5,7,9-12H2;(H,6,7). The maximum Gasteiger partial charge on any atom is 0.490 e. The zero-order chi connectivity index (χ0) is 22.9. The van der Waals surface area contributed by atoms with Crippen LogP contribution in [0.3, 0.4) is 0 Å². The molecule has 2 aliphatic heterocycles. The van der Waals surface area contributed by atoms with Gasteiger partial charge in [0.25, 0.3) is 0 Å². The van der Waals surface area contributed by atoms with Gasteiger partial charge >= 0.3 is 12.1 Å². The van der Waals surface area contributed by atoms with E-state index in [-0.39, 0.29) is 23.5 Å². The molecule has 31 heavy (non-hydrogen) atoms. The summed E-state index contributed by atoms with van der Waals surface area (Å²) in [4.78, 5) is 27.1. The van der Waals surface area contributed by atoms with E-state index < -0.39 is 26.7 Å². The molecule has 1 spiro atoms. The number of rotatable bonds is 4. The summed E-state index contributed by atoms with van der Waals surface area (Å²) in [7, 11) is -3.18. The van der Waals surface area contributed by atoms with E-state index >= 15 is 0 Å². The highest BCUT2D eigenvalue weighted by atomic mass is 32.2. The molecule has 0 bridgehead atoms. The molecule has 3 fully saturated rings. The van der Waals surface area contributed by atoms with Gasteiger partial charge in [0.1, 0.15) is 4.75 Å². The summed E-state index contributed by atoms with van der Waals surface area (Å²) in [5.41, 5.74) is 0. The first-order chi connectivity index (χ1) is 14.5. The molecule has 1 saturated carbocycles. The van der Waals surface area contributed by atoms with Crippen molar-refractivity contribution in [3.05, 3.63) is 24.4 Å². The number of carbonyl (C=O) groups is 2. The van der Waals surface area contributed by atoms with Crippen LogP contribution in [0.4, 0.5) is 13.2 Å². The van der Waals surface area contributed by atoms with Crippen LogP contribution in [0, 0.1) is 11.8 Å². The number of carboxylic acids is 1. The number of carboxylic acid groups (broad SMARTS) is 1. The summed E-state index contributed by atoms with van der Waals surface area (Å²) < 4.78 is 61.8. The van der Waals surface area contributed by atoms with Gasteiger partial charge in [0.05, 0.1) is 12.4 Å². The smallest absolute Gasteiger partial charge is 0.477 e. The van der Waals surface area contributed by atoms with E-state index in [0.717, 1.165) is 19.3 Å². The summed E-state index contributed by atoms with van der Waals surface area (Å²) in [6, 6.07) is 5.42. The van der Waals surface area contributed by atoms with E-state index in [9.17, 15) is 26.4 Å². The molecule has 1 N–H and O–H groups in total. The van der Waals surface area contributed by atoms with E-state index in [1.165, 1.54) is 0 Å². The number of carbonyl (C=O) groups excluding carboxylic acids is 1. The van der Waals surface area contributed by atoms with Crippen LogP contribution in [-0.2, 0) is 19.4 Å². The molecule has 1 aliphatic carbocycles. The number of sulfone groups is 1. The van der Waals surface area contributed by atoms with E-state index in [2.05, 4.69) is 4.98 Å². The molecule has 3 heterocycles. The average Bonchev–Trinajstić information content (AvgIpc) is 2.88. The summed E-state index contributed by atoms with van der Waals surface area (Å²) >= 11 is 0. The molecule has 1 aromatic rings. The molecule has 1 amide bonds. The number of halogens is 3. The second-order valence-electron chi connectivity index (χ2n) is 7.97. The van der Waals surface area contributed by atoms with Crippen LogP contribution in [0.25, 0.3) is 0 Å². The average molecular weight is 464 g/mol.